The predicted molar refractivity (Wildman–Crippen MR) is 115 cm³/mol. The van der Waals surface area contributed by atoms with Crippen molar-refractivity contribution in [1.29, 1.82) is 0 Å². The summed E-state index contributed by atoms with van der Waals surface area (Å²) in [6.07, 6.45) is 3.96. The fourth-order valence-corrected chi connectivity index (χ4v) is 3.91. The van der Waals surface area contributed by atoms with Gasteiger partial charge in [-0.2, -0.15) is 0 Å². The number of hydrogen-bond donors (Lipinski definition) is 1. The van der Waals surface area contributed by atoms with Gasteiger partial charge in [0.25, 0.3) is 5.91 Å². The topological polar surface area (TPSA) is 46.5 Å². The molecule has 1 aliphatic rings. The second-order valence-electron chi connectivity index (χ2n) is 7.03. The van der Waals surface area contributed by atoms with Gasteiger partial charge in [-0.15, -0.1) is 0 Å². The molecule has 29 heavy (non-hydrogen) atoms. The Balaban J connectivity index is 1.46. The lowest BCUT2D eigenvalue weighted by Gasteiger charge is -2.35. The molecule has 0 radical (unpaired) electrons. The van der Waals surface area contributed by atoms with Gasteiger partial charge in [0.2, 0.25) is 0 Å². The molecule has 0 bridgehead atoms. The Labute approximate surface area is 175 Å². The lowest BCUT2D eigenvalue weighted by atomic mass is 10.0. The molecule has 4 rings (SSSR count). The van der Waals surface area contributed by atoms with Gasteiger partial charge in [0.15, 0.2) is 0 Å². The lowest BCUT2D eigenvalue weighted by Crippen LogP contribution is -2.44. The molecule has 0 aliphatic carbocycles. The number of hydrogen-bond acceptors (Lipinski definition) is 3. The van der Waals surface area contributed by atoms with Crippen LogP contribution in [-0.4, -0.2) is 48.2 Å². The minimum Gasteiger partial charge on any atom is -0.379 e. The molecule has 1 saturated heterocycles. The van der Waals surface area contributed by atoms with Gasteiger partial charge >= 0.3 is 0 Å². The largest absolute Gasteiger partial charge is 0.379 e. The van der Waals surface area contributed by atoms with E-state index in [9.17, 15) is 4.79 Å². The van der Waals surface area contributed by atoms with Crippen LogP contribution >= 0.6 is 11.6 Å². The Morgan fingerprint density at radius 2 is 1.69 bits per heavy atom. The van der Waals surface area contributed by atoms with E-state index >= 15 is 0 Å². The van der Waals surface area contributed by atoms with E-state index < -0.39 is 0 Å². The number of benzene rings is 2. The average molecular weight is 410 g/mol. The number of amides is 1. The van der Waals surface area contributed by atoms with Crippen LogP contribution in [0.1, 0.15) is 22.0 Å². The molecule has 1 aromatic heterocycles. The Hall–Kier alpha value is -2.60. The molecular weight excluding hydrogens is 386 g/mol. The van der Waals surface area contributed by atoms with Crippen LogP contribution in [0.15, 0.2) is 73.1 Å². The van der Waals surface area contributed by atoms with E-state index in [0.29, 0.717) is 30.3 Å². The molecule has 5 nitrogen and oxygen atoms in total. The maximum atomic E-state index is 12.8. The monoisotopic (exact) mass is 409 g/mol. The van der Waals surface area contributed by atoms with Gasteiger partial charge in [-0.3, -0.25) is 9.69 Å². The Morgan fingerprint density at radius 3 is 2.38 bits per heavy atom. The molecular formula is C23H24ClN3O2. The number of rotatable bonds is 6. The molecule has 0 spiro atoms. The number of aromatic nitrogens is 1. The van der Waals surface area contributed by atoms with Gasteiger partial charge in [0, 0.05) is 48.3 Å². The molecule has 1 fully saturated rings. The number of carbonyl (C=O) groups excluding carboxylic acids is 1. The van der Waals surface area contributed by atoms with Gasteiger partial charge in [-0.25, -0.2) is 0 Å². The van der Waals surface area contributed by atoms with Crippen LogP contribution in [0, 0.1) is 0 Å². The third-order valence-electron chi connectivity index (χ3n) is 5.24. The number of morpholine rings is 1. The Bertz CT molecular complexity index is 935. The zero-order valence-electron chi connectivity index (χ0n) is 16.1. The SMILES string of the molecule is O=C(NCC(c1ccccc1Cl)N1CCOCC1)c1ccc(-n2cccc2)cc1. The molecule has 1 aliphatic heterocycles. The van der Waals surface area contributed by atoms with Crippen molar-refractivity contribution >= 4 is 17.5 Å². The highest BCUT2D eigenvalue weighted by molar-refractivity contribution is 6.31. The Kier molecular flexibility index (Phi) is 6.30. The number of ether oxygens (including phenoxy) is 1. The standard InChI is InChI=1S/C23H24ClN3O2/c24-21-6-2-1-5-20(21)22(27-13-15-29-16-14-27)17-25-23(28)18-7-9-19(10-8-18)26-11-3-4-12-26/h1-12,22H,13-17H2,(H,25,28). The smallest absolute Gasteiger partial charge is 0.251 e. The summed E-state index contributed by atoms with van der Waals surface area (Å²) < 4.78 is 7.50. The van der Waals surface area contributed by atoms with Crippen LogP contribution in [0.3, 0.4) is 0 Å². The Morgan fingerprint density at radius 1 is 1.00 bits per heavy atom. The van der Waals surface area contributed by atoms with Crippen molar-refractivity contribution in [2.75, 3.05) is 32.8 Å². The third-order valence-corrected chi connectivity index (χ3v) is 5.58. The fraction of sp³-hybridized carbons (Fsp3) is 0.261. The van der Waals surface area contributed by atoms with E-state index in [0.717, 1.165) is 24.3 Å². The molecule has 1 atom stereocenters. The van der Waals surface area contributed by atoms with Crippen LogP contribution < -0.4 is 5.32 Å². The van der Waals surface area contributed by atoms with Gasteiger partial charge in [0.05, 0.1) is 19.3 Å². The molecule has 0 saturated carbocycles. The van der Waals surface area contributed by atoms with E-state index in [1.807, 2.05) is 77.6 Å². The first kappa shape index (κ1) is 19.7. The quantitative estimate of drug-likeness (QED) is 0.670. The van der Waals surface area contributed by atoms with Crippen molar-refractivity contribution in [3.8, 4) is 5.69 Å². The van der Waals surface area contributed by atoms with E-state index in [-0.39, 0.29) is 11.9 Å². The number of carbonyl (C=O) groups is 1. The van der Waals surface area contributed by atoms with Crippen LogP contribution in [0.4, 0.5) is 0 Å². The summed E-state index contributed by atoms with van der Waals surface area (Å²) in [6, 6.07) is 19.4. The van der Waals surface area contributed by atoms with Crippen molar-refractivity contribution in [3.63, 3.8) is 0 Å². The van der Waals surface area contributed by atoms with Gasteiger partial charge in [-0.1, -0.05) is 29.8 Å². The summed E-state index contributed by atoms with van der Waals surface area (Å²) in [6.45, 7) is 3.50. The molecule has 2 aromatic carbocycles. The fourth-order valence-electron chi connectivity index (χ4n) is 3.65. The number of halogens is 1. The van der Waals surface area contributed by atoms with Crippen LogP contribution in [0.5, 0.6) is 0 Å². The summed E-state index contributed by atoms with van der Waals surface area (Å²) in [4.78, 5) is 15.1. The van der Waals surface area contributed by atoms with Crippen LogP contribution in [-0.2, 0) is 4.74 Å². The van der Waals surface area contributed by atoms with Gasteiger partial charge < -0.3 is 14.6 Å². The number of nitrogens with zero attached hydrogens (tertiary/aromatic N) is 2. The van der Waals surface area contributed by atoms with Crippen molar-refractivity contribution in [2.24, 2.45) is 0 Å². The molecule has 150 valence electrons. The highest BCUT2D eigenvalue weighted by Gasteiger charge is 2.25. The molecule has 6 heteroatoms. The first-order chi connectivity index (χ1) is 14.2. The minimum atomic E-state index is -0.0885. The normalized spacial score (nSPS) is 15.8. The predicted octanol–water partition coefficient (Wildman–Crippen LogP) is 3.93. The maximum absolute atomic E-state index is 12.8. The van der Waals surface area contributed by atoms with E-state index in [2.05, 4.69) is 10.2 Å². The lowest BCUT2D eigenvalue weighted by molar-refractivity contribution is 0.0162. The summed E-state index contributed by atoms with van der Waals surface area (Å²) in [5.74, 6) is -0.0885. The second-order valence-corrected chi connectivity index (χ2v) is 7.44. The molecule has 2 heterocycles. The average Bonchev–Trinajstić information content (AvgIpc) is 3.31. The first-order valence-corrected chi connectivity index (χ1v) is 10.2. The van der Waals surface area contributed by atoms with Crippen molar-refractivity contribution in [2.45, 2.75) is 6.04 Å². The highest BCUT2D eigenvalue weighted by atomic mass is 35.5. The zero-order chi connectivity index (χ0) is 20.1. The summed E-state index contributed by atoms with van der Waals surface area (Å²) in [5.41, 5.74) is 2.69. The summed E-state index contributed by atoms with van der Waals surface area (Å²) >= 11 is 6.46. The van der Waals surface area contributed by atoms with Crippen LogP contribution in [0.25, 0.3) is 5.69 Å². The van der Waals surface area contributed by atoms with E-state index in [1.54, 1.807) is 0 Å². The van der Waals surface area contributed by atoms with Crippen molar-refractivity contribution < 1.29 is 9.53 Å². The maximum Gasteiger partial charge on any atom is 0.251 e. The van der Waals surface area contributed by atoms with Crippen LogP contribution in [0.2, 0.25) is 5.02 Å². The third kappa shape index (κ3) is 4.70. The highest BCUT2D eigenvalue weighted by Crippen LogP contribution is 2.27. The second kappa shape index (κ2) is 9.27. The zero-order valence-corrected chi connectivity index (χ0v) is 16.9. The number of nitrogens with one attached hydrogen (secondary N) is 1. The van der Waals surface area contributed by atoms with Gasteiger partial charge in [-0.05, 0) is 48.0 Å². The molecule has 1 N–H and O–H groups in total. The first-order valence-electron chi connectivity index (χ1n) is 9.80. The van der Waals surface area contributed by atoms with E-state index in [4.69, 9.17) is 16.3 Å². The minimum absolute atomic E-state index is 0.00991. The molecule has 3 aromatic rings. The summed E-state index contributed by atoms with van der Waals surface area (Å²) in [5, 5.41) is 3.81. The van der Waals surface area contributed by atoms with Gasteiger partial charge in [0.1, 0.15) is 0 Å². The molecule has 1 unspecified atom stereocenters. The van der Waals surface area contributed by atoms with Crippen molar-refractivity contribution in [1.82, 2.24) is 14.8 Å². The molecule has 1 amide bonds. The van der Waals surface area contributed by atoms with Crippen molar-refractivity contribution in [3.05, 3.63) is 89.2 Å². The van der Waals surface area contributed by atoms with E-state index in [1.165, 1.54) is 0 Å². The summed E-state index contributed by atoms with van der Waals surface area (Å²) in [7, 11) is 0.